The number of aromatic nitrogens is 2. The fourth-order valence-electron chi connectivity index (χ4n) is 2.87. The SMILES string of the molecule is O=C(Nc1ccc2ccccc2c1)c1[nH]ncc1-c1ccc(O)cc1O. The first-order chi connectivity index (χ1) is 12.6. The zero-order valence-corrected chi connectivity index (χ0v) is 13.6. The van der Waals surface area contributed by atoms with E-state index >= 15 is 0 Å². The van der Waals surface area contributed by atoms with Gasteiger partial charge in [-0.05, 0) is 35.0 Å². The molecule has 6 heteroatoms. The number of H-pyrrole nitrogens is 1. The molecular weight excluding hydrogens is 330 g/mol. The van der Waals surface area contributed by atoms with Crippen LogP contribution in [0, 0.1) is 0 Å². The number of benzene rings is 3. The highest BCUT2D eigenvalue weighted by molar-refractivity contribution is 6.08. The molecule has 6 nitrogen and oxygen atoms in total. The van der Waals surface area contributed by atoms with Gasteiger partial charge in [-0.15, -0.1) is 0 Å². The van der Waals surface area contributed by atoms with Gasteiger partial charge < -0.3 is 15.5 Å². The number of hydrogen-bond donors (Lipinski definition) is 4. The van der Waals surface area contributed by atoms with E-state index in [-0.39, 0.29) is 23.1 Å². The Labute approximate surface area is 148 Å². The highest BCUT2D eigenvalue weighted by atomic mass is 16.3. The number of carbonyl (C=O) groups is 1. The van der Waals surface area contributed by atoms with Crippen molar-refractivity contribution in [2.45, 2.75) is 0 Å². The molecule has 0 saturated carbocycles. The van der Waals surface area contributed by atoms with Crippen molar-refractivity contribution in [3.63, 3.8) is 0 Å². The molecule has 0 unspecified atom stereocenters. The summed E-state index contributed by atoms with van der Waals surface area (Å²) in [6.45, 7) is 0. The van der Waals surface area contributed by atoms with Crippen LogP contribution in [0.4, 0.5) is 5.69 Å². The maximum absolute atomic E-state index is 12.7. The summed E-state index contributed by atoms with van der Waals surface area (Å²) < 4.78 is 0. The molecule has 4 rings (SSSR count). The zero-order valence-electron chi connectivity index (χ0n) is 13.6. The average Bonchev–Trinajstić information content (AvgIpc) is 3.11. The normalized spacial score (nSPS) is 10.8. The molecule has 0 spiro atoms. The van der Waals surface area contributed by atoms with Crippen molar-refractivity contribution >= 4 is 22.4 Å². The molecule has 0 fully saturated rings. The molecule has 4 N–H and O–H groups in total. The van der Waals surface area contributed by atoms with Crippen molar-refractivity contribution in [1.29, 1.82) is 0 Å². The molecule has 0 radical (unpaired) electrons. The number of fused-ring (bicyclic) bond motifs is 1. The minimum atomic E-state index is -0.375. The molecule has 1 heterocycles. The van der Waals surface area contributed by atoms with Gasteiger partial charge in [-0.2, -0.15) is 5.10 Å². The van der Waals surface area contributed by atoms with Gasteiger partial charge in [-0.3, -0.25) is 9.89 Å². The fourth-order valence-corrected chi connectivity index (χ4v) is 2.87. The fraction of sp³-hybridized carbons (Fsp3) is 0. The number of nitrogens with one attached hydrogen (secondary N) is 2. The molecule has 4 aromatic rings. The van der Waals surface area contributed by atoms with E-state index in [0.29, 0.717) is 16.8 Å². The number of anilines is 1. The van der Waals surface area contributed by atoms with E-state index in [1.54, 1.807) is 0 Å². The van der Waals surface area contributed by atoms with E-state index in [4.69, 9.17) is 0 Å². The maximum Gasteiger partial charge on any atom is 0.274 e. The molecule has 3 aromatic carbocycles. The molecule has 0 saturated heterocycles. The average molecular weight is 345 g/mol. The number of rotatable bonds is 3. The first-order valence-corrected chi connectivity index (χ1v) is 7.98. The Kier molecular flexibility index (Phi) is 3.78. The number of hydrogen-bond acceptors (Lipinski definition) is 4. The summed E-state index contributed by atoms with van der Waals surface area (Å²) in [6, 6.07) is 17.7. The Morgan fingerprint density at radius 1 is 0.923 bits per heavy atom. The molecule has 1 aromatic heterocycles. The third kappa shape index (κ3) is 2.84. The third-order valence-electron chi connectivity index (χ3n) is 4.15. The Hall–Kier alpha value is -3.80. The summed E-state index contributed by atoms with van der Waals surface area (Å²) in [5.74, 6) is -0.566. The summed E-state index contributed by atoms with van der Waals surface area (Å²) in [7, 11) is 0. The van der Waals surface area contributed by atoms with Gasteiger partial charge in [0.15, 0.2) is 0 Å². The maximum atomic E-state index is 12.7. The van der Waals surface area contributed by atoms with Crippen LogP contribution in [-0.2, 0) is 0 Å². The van der Waals surface area contributed by atoms with E-state index < -0.39 is 0 Å². The van der Waals surface area contributed by atoms with E-state index in [1.807, 2.05) is 42.5 Å². The quantitative estimate of drug-likeness (QED) is 0.453. The monoisotopic (exact) mass is 345 g/mol. The second kappa shape index (κ2) is 6.25. The Morgan fingerprint density at radius 2 is 1.73 bits per heavy atom. The lowest BCUT2D eigenvalue weighted by atomic mass is 10.0. The van der Waals surface area contributed by atoms with Crippen molar-refractivity contribution < 1.29 is 15.0 Å². The van der Waals surface area contributed by atoms with Crippen LogP contribution < -0.4 is 5.32 Å². The van der Waals surface area contributed by atoms with Crippen LogP contribution in [0.1, 0.15) is 10.5 Å². The molecule has 26 heavy (non-hydrogen) atoms. The molecule has 0 atom stereocenters. The largest absolute Gasteiger partial charge is 0.508 e. The van der Waals surface area contributed by atoms with E-state index in [1.165, 1.54) is 24.4 Å². The second-order valence-electron chi connectivity index (χ2n) is 5.88. The van der Waals surface area contributed by atoms with Crippen molar-refractivity contribution in [2.24, 2.45) is 0 Å². The van der Waals surface area contributed by atoms with Gasteiger partial charge >= 0.3 is 0 Å². The highest BCUT2D eigenvalue weighted by Gasteiger charge is 2.18. The van der Waals surface area contributed by atoms with Gasteiger partial charge in [-0.1, -0.05) is 30.3 Å². The highest BCUT2D eigenvalue weighted by Crippen LogP contribution is 2.33. The number of phenols is 2. The summed E-state index contributed by atoms with van der Waals surface area (Å²) in [4.78, 5) is 12.7. The van der Waals surface area contributed by atoms with Crippen molar-refractivity contribution in [3.05, 3.63) is 72.6 Å². The van der Waals surface area contributed by atoms with Crippen LogP contribution in [0.5, 0.6) is 11.5 Å². The lowest BCUT2D eigenvalue weighted by Gasteiger charge is -2.08. The number of aromatic hydroxyl groups is 2. The van der Waals surface area contributed by atoms with Gasteiger partial charge in [0, 0.05) is 22.9 Å². The molecule has 0 bridgehead atoms. The molecule has 0 aliphatic carbocycles. The Morgan fingerprint density at radius 3 is 2.54 bits per heavy atom. The van der Waals surface area contributed by atoms with Crippen LogP contribution in [0.2, 0.25) is 0 Å². The van der Waals surface area contributed by atoms with Crippen molar-refractivity contribution in [3.8, 4) is 22.6 Å². The summed E-state index contributed by atoms with van der Waals surface area (Å²) >= 11 is 0. The molecule has 128 valence electrons. The topological polar surface area (TPSA) is 98.2 Å². The molecular formula is C20H15N3O3. The smallest absolute Gasteiger partial charge is 0.274 e. The minimum absolute atomic E-state index is 0.0584. The molecule has 1 amide bonds. The van der Waals surface area contributed by atoms with Gasteiger partial charge in [0.05, 0.1) is 6.20 Å². The van der Waals surface area contributed by atoms with Crippen LogP contribution >= 0.6 is 0 Å². The van der Waals surface area contributed by atoms with E-state index in [2.05, 4.69) is 15.5 Å². The zero-order chi connectivity index (χ0) is 18.1. The number of nitrogens with zero attached hydrogens (tertiary/aromatic N) is 1. The Bertz CT molecular complexity index is 1120. The number of amides is 1. The van der Waals surface area contributed by atoms with E-state index in [0.717, 1.165) is 10.8 Å². The lowest BCUT2D eigenvalue weighted by molar-refractivity contribution is 0.102. The van der Waals surface area contributed by atoms with Crippen molar-refractivity contribution in [2.75, 3.05) is 5.32 Å². The van der Waals surface area contributed by atoms with Crippen LogP contribution in [0.3, 0.4) is 0 Å². The van der Waals surface area contributed by atoms with Gasteiger partial charge in [0.1, 0.15) is 17.2 Å². The van der Waals surface area contributed by atoms with Crippen molar-refractivity contribution in [1.82, 2.24) is 10.2 Å². The first kappa shape index (κ1) is 15.7. The summed E-state index contributed by atoms with van der Waals surface area (Å²) in [5.41, 5.74) is 1.73. The second-order valence-corrected chi connectivity index (χ2v) is 5.88. The number of aromatic amines is 1. The summed E-state index contributed by atoms with van der Waals surface area (Å²) in [5, 5.41) is 31.0. The standard InChI is InChI=1S/C20H15N3O3/c24-15-7-8-16(18(25)10-15)17-11-21-23-19(17)20(26)22-14-6-5-12-3-1-2-4-13(12)9-14/h1-11,24-25H,(H,21,23)(H,22,26). The van der Waals surface area contributed by atoms with Crippen LogP contribution in [-0.4, -0.2) is 26.3 Å². The van der Waals surface area contributed by atoms with Gasteiger partial charge in [-0.25, -0.2) is 0 Å². The lowest BCUT2D eigenvalue weighted by Crippen LogP contribution is -2.13. The predicted molar refractivity (Wildman–Crippen MR) is 99.3 cm³/mol. The molecule has 0 aliphatic heterocycles. The number of phenolic OH excluding ortho intramolecular Hbond substituents is 2. The molecule has 0 aliphatic rings. The minimum Gasteiger partial charge on any atom is -0.508 e. The van der Waals surface area contributed by atoms with Crippen LogP contribution in [0.15, 0.2) is 66.9 Å². The summed E-state index contributed by atoms with van der Waals surface area (Å²) in [6.07, 6.45) is 1.46. The number of carbonyl (C=O) groups excluding carboxylic acids is 1. The first-order valence-electron chi connectivity index (χ1n) is 7.98. The Balaban J connectivity index is 1.65. The van der Waals surface area contributed by atoms with Gasteiger partial charge in [0.25, 0.3) is 5.91 Å². The van der Waals surface area contributed by atoms with Crippen LogP contribution in [0.25, 0.3) is 21.9 Å². The van der Waals surface area contributed by atoms with E-state index in [9.17, 15) is 15.0 Å². The predicted octanol–water partition coefficient (Wildman–Crippen LogP) is 3.89. The van der Waals surface area contributed by atoms with Gasteiger partial charge in [0.2, 0.25) is 0 Å². The third-order valence-corrected chi connectivity index (χ3v) is 4.15.